The van der Waals surface area contributed by atoms with E-state index in [1.807, 2.05) is 65.0 Å². The summed E-state index contributed by atoms with van der Waals surface area (Å²) in [4.78, 5) is 28.1. The average Bonchev–Trinajstić information content (AvgIpc) is 2.75. The number of rotatable bonds is 11. The zero-order valence-electron chi connectivity index (χ0n) is 21.1. The van der Waals surface area contributed by atoms with E-state index in [0.29, 0.717) is 18.7 Å². The van der Waals surface area contributed by atoms with E-state index in [2.05, 4.69) is 5.32 Å². The number of carbonyl (C=O) groups excluding carboxylic acids is 2. The molecule has 2 aromatic carbocycles. The van der Waals surface area contributed by atoms with Crippen LogP contribution in [0.1, 0.15) is 48.9 Å². The predicted octanol–water partition coefficient (Wildman–Crippen LogP) is 3.71. The molecule has 0 fully saturated rings. The number of amides is 2. The molecule has 0 heterocycles. The van der Waals surface area contributed by atoms with Crippen LogP contribution in [0.15, 0.2) is 42.5 Å². The normalized spacial score (nSPS) is 12.2. The van der Waals surface area contributed by atoms with Crippen molar-refractivity contribution in [1.82, 2.24) is 10.2 Å². The molecule has 0 saturated heterocycles. The molecule has 34 heavy (non-hydrogen) atoms. The van der Waals surface area contributed by atoms with Crippen molar-refractivity contribution in [3.63, 3.8) is 0 Å². The van der Waals surface area contributed by atoms with Gasteiger partial charge in [0.15, 0.2) is 0 Å². The molecule has 2 rings (SSSR count). The molecule has 2 amide bonds. The van der Waals surface area contributed by atoms with Crippen LogP contribution < -0.4 is 9.62 Å². The van der Waals surface area contributed by atoms with Crippen molar-refractivity contribution >= 4 is 27.5 Å². The van der Waals surface area contributed by atoms with Gasteiger partial charge in [0.1, 0.15) is 12.6 Å². The number of sulfonamides is 1. The van der Waals surface area contributed by atoms with Gasteiger partial charge in [0, 0.05) is 13.1 Å². The Morgan fingerprint density at radius 1 is 1.00 bits per heavy atom. The van der Waals surface area contributed by atoms with Crippen LogP contribution in [0, 0.1) is 20.8 Å². The van der Waals surface area contributed by atoms with Gasteiger partial charge < -0.3 is 10.2 Å². The maximum Gasteiger partial charge on any atom is 0.244 e. The lowest BCUT2D eigenvalue weighted by molar-refractivity contribution is -0.140. The van der Waals surface area contributed by atoms with Crippen molar-refractivity contribution in [2.24, 2.45) is 0 Å². The summed E-state index contributed by atoms with van der Waals surface area (Å²) < 4.78 is 26.6. The Hall–Kier alpha value is -2.87. The third-order valence-corrected chi connectivity index (χ3v) is 6.85. The molecular formula is C26H37N3O4S. The molecule has 0 aromatic heterocycles. The standard InChI is InChI=1S/C26H37N3O4S/c1-7-13-27-26(31)24(8-2)28(17-22-12-10-9-11-21(22)5)25(30)18-29(34(6,32)33)23-15-19(3)14-20(4)16-23/h9-12,14-16,24H,7-8,13,17-18H2,1-6H3,(H,27,31). The molecule has 0 radical (unpaired) electrons. The molecule has 8 heteroatoms. The number of anilines is 1. The van der Waals surface area contributed by atoms with Gasteiger partial charge in [0.2, 0.25) is 21.8 Å². The first-order chi connectivity index (χ1) is 16.0. The molecule has 0 aliphatic heterocycles. The maximum absolute atomic E-state index is 13.7. The SMILES string of the molecule is CCCNC(=O)C(CC)N(Cc1ccccc1C)C(=O)CN(c1cc(C)cc(C)c1)S(C)(=O)=O. The molecule has 0 spiro atoms. The van der Waals surface area contributed by atoms with E-state index in [0.717, 1.165) is 39.2 Å². The number of hydrogen-bond acceptors (Lipinski definition) is 4. The lowest BCUT2D eigenvalue weighted by Gasteiger charge is -2.33. The molecule has 186 valence electrons. The summed E-state index contributed by atoms with van der Waals surface area (Å²) in [6.07, 6.45) is 2.28. The zero-order chi connectivity index (χ0) is 25.5. The Labute approximate surface area is 204 Å². The molecular weight excluding hydrogens is 450 g/mol. The lowest BCUT2D eigenvalue weighted by Crippen LogP contribution is -2.52. The van der Waals surface area contributed by atoms with E-state index in [-0.39, 0.29) is 19.0 Å². The zero-order valence-corrected chi connectivity index (χ0v) is 21.9. The first kappa shape index (κ1) is 27.4. The van der Waals surface area contributed by atoms with Gasteiger partial charge >= 0.3 is 0 Å². The van der Waals surface area contributed by atoms with Crippen LogP contribution in [-0.4, -0.2) is 50.5 Å². The fourth-order valence-corrected chi connectivity index (χ4v) is 4.80. The van der Waals surface area contributed by atoms with Gasteiger partial charge in [-0.3, -0.25) is 13.9 Å². The fourth-order valence-electron chi connectivity index (χ4n) is 3.96. The third kappa shape index (κ3) is 7.32. The van der Waals surface area contributed by atoms with Gasteiger partial charge in [-0.1, -0.05) is 44.2 Å². The highest BCUT2D eigenvalue weighted by Gasteiger charge is 2.31. The first-order valence-corrected chi connectivity index (χ1v) is 13.5. The van der Waals surface area contributed by atoms with E-state index in [9.17, 15) is 18.0 Å². The number of nitrogens with zero attached hydrogens (tertiary/aromatic N) is 2. The highest BCUT2D eigenvalue weighted by molar-refractivity contribution is 7.92. The molecule has 0 aliphatic rings. The highest BCUT2D eigenvalue weighted by Crippen LogP contribution is 2.23. The summed E-state index contributed by atoms with van der Waals surface area (Å²) in [5.41, 5.74) is 4.15. The Morgan fingerprint density at radius 3 is 2.15 bits per heavy atom. The van der Waals surface area contributed by atoms with Gasteiger partial charge in [-0.05, 0) is 68.0 Å². The van der Waals surface area contributed by atoms with Gasteiger partial charge in [-0.25, -0.2) is 8.42 Å². The molecule has 0 aliphatic carbocycles. The minimum Gasteiger partial charge on any atom is -0.354 e. The van der Waals surface area contributed by atoms with Crippen LogP contribution >= 0.6 is 0 Å². The third-order valence-electron chi connectivity index (χ3n) is 5.71. The number of hydrogen-bond donors (Lipinski definition) is 1. The van der Waals surface area contributed by atoms with Gasteiger partial charge in [0.05, 0.1) is 11.9 Å². The molecule has 2 aromatic rings. The smallest absolute Gasteiger partial charge is 0.244 e. The molecule has 1 atom stereocenters. The minimum atomic E-state index is -3.74. The number of carbonyl (C=O) groups is 2. The predicted molar refractivity (Wildman–Crippen MR) is 137 cm³/mol. The van der Waals surface area contributed by atoms with Gasteiger partial charge in [-0.15, -0.1) is 0 Å². The van der Waals surface area contributed by atoms with Crippen molar-refractivity contribution in [3.05, 3.63) is 64.7 Å². The van der Waals surface area contributed by atoms with E-state index in [1.54, 1.807) is 12.1 Å². The largest absolute Gasteiger partial charge is 0.354 e. The van der Waals surface area contributed by atoms with E-state index in [1.165, 1.54) is 4.90 Å². The van der Waals surface area contributed by atoms with Crippen LogP contribution in [0.4, 0.5) is 5.69 Å². The number of nitrogens with one attached hydrogen (secondary N) is 1. The maximum atomic E-state index is 13.7. The summed E-state index contributed by atoms with van der Waals surface area (Å²) in [5.74, 6) is -0.657. The fraction of sp³-hybridized carbons (Fsp3) is 0.462. The Bertz CT molecular complexity index is 1090. The van der Waals surface area contributed by atoms with Crippen LogP contribution in [-0.2, 0) is 26.2 Å². The molecule has 1 unspecified atom stereocenters. The Balaban J connectivity index is 2.47. The Morgan fingerprint density at radius 2 is 1.62 bits per heavy atom. The van der Waals surface area contributed by atoms with E-state index in [4.69, 9.17) is 0 Å². The second-order valence-corrected chi connectivity index (χ2v) is 10.7. The van der Waals surface area contributed by atoms with Crippen LogP contribution in [0.3, 0.4) is 0 Å². The van der Waals surface area contributed by atoms with Crippen molar-refractivity contribution in [2.45, 2.75) is 60.0 Å². The summed E-state index contributed by atoms with van der Waals surface area (Å²) in [6.45, 7) is 9.88. The number of benzene rings is 2. The monoisotopic (exact) mass is 487 g/mol. The lowest BCUT2D eigenvalue weighted by atomic mass is 10.1. The molecule has 0 bridgehead atoms. The van der Waals surface area contributed by atoms with Crippen molar-refractivity contribution in [2.75, 3.05) is 23.7 Å². The van der Waals surface area contributed by atoms with Gasteiger partial charge in [0.25, 0.3) is 0 Å². The van der Waals surface area contributed by atoms with Crippen LogP contribution in [0.25, 0.3) is 0 Å². The number of aryl methyl sites for hydroxylation is 3. The summed E-state index contributed by atoms with van der Waals surface area (Å²) >= 11 is 0. The highest BCUT2D eigenvalue weighted by atomic mass is 32.2. The quantitative estimate of drug-likeness (QED) is 0.523. The Kier molecular flexibility index (Phi) is 9.67. The second kappa shape index (κ2) is 12.0. The molecule has 1 N–H and O–H groups in total. The molecule has 7 nitrogen and oxygen atoms in total. The van der Waals surface area contributed by atoms with Crippen molar-refractivity contribution in [1.29, 1.82) is 0 Å². The summed E-state index contributed by atoms with van der Waals surface area (Å²) in [6, 6.07) is 12.4. The average molecular weight is 488 g/mol. The van der Waals surface area contributed by atoms with Crippen molar-refractivity contribution in [3.8, 4) is 0 Å². The van der Waals surface area contributed by atoms with Crippen LogP contribution in [0.2, 0.25) is 0 Å². The van der Waals surface area contributed by atoms with Gasteiger partial charge in [-0.2, -0.15) is 0 Å². The van der Waals surface area contributed by atoms with Crippen molar-refractivity contribution < 1.29 is 18.0 Å². The minimum absolute atomic E-state index is 0.216. The summed E-state index contributed by atoms with van der Waals surface area (Å²) in [7, 11) is -3.74. The second-order valence-electron chi connectivity index (χ2n) is 8.78. The van der Waals surface area contributed by atoms with Crippen LogP contribution in [0.5, 0.6) is 0 Å². The molecule has 0 saturated carbocycles. The summed E-state index contributed by atoms with van der Waals surface area (Å²) in [5, 5.41) is 2.88. The van der Waals surface area contributed by atoms with E-state index >= 15 is 0 Å². The topological polar surface area (TPSA) is 86.8 Å². The first-order valence-electron chi connectivity index (χ1n) is 11.7. The van der Waals surface area contributed by atoms with E-state index < -0.39 is 22.0 Å².